The maximum absolute atomic E-state index is 11.3. The highest BCUT2D eigenvalue weighted by atomic mass is 16.3. The molecule has 24 heavy (non-hydrogen) atoms. The predicted octanol–water partition coefficient (Wildman–Crippen LogP) is 4.61. The van der Waals surface area contributed by atoms with Crippen LogP contribution >= 0.6 is 0 Å². The zero-order valence-corrected chi connectivity index (χ0v) is 13.8. The van der Waals surface area contributed by atoms with Gasteiger partial charge in [0.2, 0.25) is 0 Å². The molecule has 0 heterocycles. The van der Waals surface area contributed by atoms with Gasteiger partial charge in [0, 0.05) is 13.8 Å². The molecule has 0 aromatic heterocycles. The lowest BCUT2D eigenvalue weighted by atomic mass is 10.3. The van der Waals surface area contributed by atoms with Gasteiger partial charge in [0.15, 0.2) is 23.0 Å². The van der Waals surface area contributed by atoms with Gasteiger partial charge in [0.1, 0.15) is 11.5 Å². The van der Waals surface area contributed by atoms with E-state index in [1.807, 2.05) is 0 Å². The van der Waals surface area contributed by atoms with E-state index in [1.165, 1.54) is 27.7 Å². The molecule has 0 radical (unpaired) electrons. The van der Waals surface area contributed by atoms with Crippen molar-refractivity contribution in [2.75, 3.05) is 0 Å². The summed E-state index contributed by atoms with van der Waals surface area (Å²) in [6, 6.07) is 6.30. The Hall–Kier alpha value is -3.16. The van der Waals surface area contributed by atoms with Gasteiger partial charge < -0.3 is 10.2 Å². The molecule has 0 spiro atoms. The topological polar surface area (TPSA) is 124 Å². The minimum absolute atomic E-state index is 0.117. The summed E-state index contributed by atoms with van der Waals surface area (Å²) in [5, 5.41) is 33.8. The molecular formula is C16H18N4O4. The minimum Gasteiger partial charge on any atom is -0.510 e. The number of azo groups is 2. The van der Waals surface area contributed by atoms with Crippen molar-refractivity contribution in [2.45, 2.75) is 27.7 Å². The van der Waals surface area contributed by atoms with E-state index in [9.17, 15) is 19.8 Å². The van der Waals surface area contributed by atoms with Crippen LogP contribution in [0.25, 0.3) is 0 Å². The summed E-state index contributed by atoms with van der Waals surface area (Å²) < 4.78 is 0. The Morgan fingerprint density at radius 1 is 0.708 bits per heavy atom. The summed E-state index contributed by atoms with van der Waals surface area (Å²) in [6.45, 7) is 5.26. The summed E-state index contributed by atoms with van der Waals surface area (Å²) in [4.78, 5) is 22.5. The van der Waals surface area contributed by atoms with Crippen molar-refractivity contribution in [2.24, 2.45) is 20.5 Å². The molecule has 8 nitrogen and oxygen atoms in total. The van der Waals surface area contributed by atoms with Crippen LogP contribution in [0.15, 0.2) is 67.6 Å². The van der Waals surface area contributed by atoms with Gasteiger partial charge in [-0.3, -0.25) is 9.59 Å². The van der Waals surface area contributed by atoms with Crippen molar-refractivity contribution < 1.29 is 19.8 Å². The first-order chi connectivity index (χ1) is 11.2. The second kappa shape index (κ2) is 8.47. The largest absolute Gasteiger partial charge is 0.510 e. The zero-order chi connectivity index (χ0) is 18.3. The standard InChI is InChI=1S/C16H18N4O4/c1-9(21)15(10(2)22)19-17-13-5-7-14(8-6-13)18-20-16(11(3)23)12(4)24/h5-8,21,23H,1-4H3/b15-9-,16-11-,19-17?,20-18?. The molecule has 0 aliphatic carbocycles. The number of nitrogens with zero attached hydrogens (tertiary/aromatic N) is 4. The van der Waals surface area contributed by atoms with Crippen LogP contribution in [0.4, 0.5) is 11.4 Å². The van der Waals surface area contributed by atoms with Crippen molar-refractivity contribution in [1.82, 2.24) is 0 Å². The van der Waals surface area contributed by atoms with Crippen LogP contribution < -0.4 is 0 Å². The highest BCUT2D eigenvalue weighted by Gasteiger charge is 2.07. The molecule has 0 aliphatic heterocycles. The lowest BCUT2D eigenvalue weighted by molar-refractivity contribution is -0.114. The molecule has 1 aromatic rings. The Morgan fingerprint density at radius 2 is 1.00 bits per heavy atom. The number of rotatable bonds is 6. The van der Waals surface area contributed by atoms with Gasteiger partial charge in [-0.25, -0.2) is 0 Å². The average molecular weight is 330 g/mol. The van der Waals surface area contributed by atoms with E-state index >= 15 is 0 Å². The molecule has 8 heteroatoms. The SMILES string of the molecule is CC(=O)/C(N=Nc1ccc(N=N/C(C(C)=O)=C(/C)O)cc1)=C(\C)O. The number of carbonyl (C=O) groups excluding carboxylic acids is 2. The normalized spacial score (nSPS) is 13.8. The number of benzene rings is 1. The first-order valence-corrected chi connectivity index (χ1v) is 6.97. The van der Waals surface area contributed by atoms with Gasteiger partial charge in [0.25, 0.3) is 0 Å². The fraction of sp³-hybridized carbons (Fsp3) is 0.250. The maximum Gasteiger partial charge on any atom is 0.183 e. The number of allylic oxidation sites excluding steroid dienone is 4. The quantitative estimate of drug-likeness (QED) is 0.449. The van der Waals surface area contributed by atoms with E-state index in [-0.39, 0.29) is 22.9 Å². The average Bonchev–Trinajstić information content (AvgIpc) is 2.47. The molecule has 0 fully saturated rings. The van der Waals surface area contributed by atoms with Crippen molar-refractivity contribution in [3.8, 4) is 0 Å². The molecule has 0 amide bonds. The Morgan fingerprint density at radius 3 is 1.21 bits per heavy atom. The van der Waals surface area contributed by atoms with Crippen LogP contribution in [0.2, 0.25) is 0 Å². The van der Waals surface area contributed by atoms with Gasteiger partial charge >= 0.3 is 0 Å². The van der Waals surface area contributed by atoms with Gasteiger partial charge in [-0.15, -0.1) is 10.2 Å². The molecule has 0 unspecified atom stereocenters. The second-order valence-corrected chi connectivity index (χ2v) is 4.90. The van der Waals surface area contributed by atoms with Crippen LogP contribution in [0, 0.1) is 0 Å². The van der Waals surface area contributed by atoms with E-state index in [0.29, 0.717) is 11.4 Å². The first kappa shape index (κ1) is 18.9. The first-order valence-electron chi connectivity index (χ1n) is 6.97. The summed E-state index contributed by atoms with van der Waals surface area (Å²) in [5.74, 6) is -1.21. The number of ketones is 2. The number of aliphatic hydroxyl groups excluding tert-OH is 2. The number of Topliss-reactive ketones (excluding diaryl/α,β-unsaturated/α-hetero) is 2. The van der Waals surface area contributed by atoms with Crippen LogP contribution in [0.1, 0.15) is 27.7 Å². The Balaban J connectivity index is 2.95. The van der Waals surface area contributed by atoms with E-state index in [4.69, 9.17) is 0 Å². The van der Waals surface area contributed by atoms with Crippen molar-refractivity contribution in [3.05, 3.63) is 47.2 Å². The summed E-state index contributed by atoms with van der Waals surface area (Å²) >= 11 is 0. The lowest BCUT2D eigenvalue weighted by Gasteiger charge is -1.98. The molecular weight excluding hydrogens is 312 g/mol. The monoisotopic (exact) mass is 330 g/mol. The molecule has 0 saturated carbocycles. The Labute approximate surface area is 139 Å². The van der Waals surface area contributed by atoms with E-state index in [0.717, 1.165) is 0 Å². The van der Waals surface area contributed by atoms with E-state index in [1.54, 1.807) is 24.3 Å². The van der Waals surface area contributed by atoms with Crippen molar-refractivity contribution >= 4 is 22.9 Å². The van der Waals surface area contributed by atoms with E-state index in [2.05, 4.69) is 20.5 Å². The number of hydrogen-bond donors (Lipinski definition) is 2. The lowest BCUT2D eigenvalue weighted by Crippen LogP contribution is -1.96. The van der Waals surface area contributed by atoms with Crippen LogP contribution in [-0.2, 0) is 9.59 Å². The molecule has 0 saturated heterocycles. The fourth-order valence-electron chi connectivity index (χ4n) is 1.60. The summed E-state index contributed by atoms with van der Waals surface area (Å²) in [5.41, 5.74) is 0.645. The zero-order valence-electron chi connectivity index (χ0n) is 13.8. The van der Waals surface area contributed by atoms with Gasteiger partial charge in [-0.1, -0.05) is 0 Å². The van der Waals surface area contributed by atoms with Crippen LogP contribution in [0.5, 0.6) is 0 Å². The highest BCUT2D eigenvalue weighted by Crippen LogP contribution is 2.21. The van der Waals surface area contributed by atoms with Crippen LogP contribution in [0.3, 0.4) is 0 Å². The molecule has 2 N–H and O–H groups in total. The van der Waals surface area contributed by atoms with Crippen molar-refractivity contribution in [1.29, 1.82) is 0 Å². The second-order valence-electron chi connectivity index (χ2n) is 4.90. The van der Waals surface area contributed by atoms with Crippen LogP contribution in [-0.4, -0.2) is 21.8 Å². The third-order valence-corrected chi connectivity index (χ3v) is 2.73. The van der Waals surface area contributed by atoms with Gasteiger partial charge in [0.05, 0.1) is 11.4 Å². The minimum atomic E-state index is -0.396. The molecule has 0 atom stereocenters. The molecule has 1 rings (SSSR count). The van der Waals surface area contributed by atoms with E-state index < -0.39 is 11.6 Å². The molecule has 0 bridgehead atoms. The summed E-state index contributed by atoms with van der Waals surface area (Å²) in [7, 11) is 0. The number of hydrogen-bond acceptors (Lipinski definition) is 8. The predicted molar refractivity (Wildman–Crippen MR) is 87.5 cm³/mol. The third kappa shape index (κ3) is 5.56. The molecule has 1 aromatic carbocycles. The van der Waals surface area contributed by atoms with Gasteiger partial charge in [-0.05, 0) is 38.1 Å². The fourth-order valence-corrected chi connectivity index (χ4v) is 1.60. The Bertz CT molecular complexity index is 686. The van der Waals surface area contributed by atoms with Crippen molar-refractivity contribution in [3.63, 3.8) is 0 Å². The van der Waals surface area contributed by atoms with Gasteiger partial charge in [-0.2, -0.15) is 10.2 Å². The summed E-state index contributed by atoms with van der Waals surface area (Å²) in [6.07, 6.45) is 0. The number of aliphatic hydroxyl groups is 2. The molecule has 0 aliphatic rings. The molecule has 126 valence electrons. The maximum atomic E-state index is 11.3. The smallest absolute Gasteiger partial charge is 0.183 e. The Kier molecular flexibility index (Phi) is 6.66. The number of carbonyl (C=O) groups is 2. The highest BCUT2D eigenvalue weighted by molar-refractivity contribution is 5.93. The third-order valence-electron chi connectivity index (χ3n) is 2.73.